The Morgan fingerprint density at radius 2 is 0.862 bits per heavy atom. The Hall–Kier alpha value is -1.02. The number of carbonyl (C=O) groups excluding carboxylic acids is 1. The van der Waals surface area contributed by atoms with Crippen LogP contribution in [-0.2, 0) is 27.9 Å². The molecule has 0 aliphatic carbocycles. The van der Waals surface area contributed by atoms with E-state index in [9.17, 15) is 14.3 Å². The molecule has 0 aliphatic rings. The smallest absolute Gasteiger partial charge is 0.457 e. The monoisotopic (exact) mass is 842 g/mol. The van der Waals surface area contributed by atoms with Crippen LogP contribution in [0, 0.1) is 0 Å². The molecule has 0 amide bonds. The molecule has 0 radical (unpaired) electrons. The highest BCUT2D eigenvalue weighted by Gasteiger charge is 2.25. The summed E-state index contributed by atoms with van der Waals surface area (Å²) in [5.41, 5.74) is 5.38. The summed E-state index contributed by atoms with van der Waals surface area (Å²) in [4.78, 5) is 22.5. The molecule has 0 saturated heterocycles. The van der Waals surface area contributed by atoms with Gasteiger partial charge >= 0.3 is 13.8 Å². The van der Waals surface area contributed by atoms with E-state index in [0.29, 0.717) is 13.0 Å². The van der Waals surface area contributed by atoms with E-state index in [-0.39, 0.29) is 32.3 Å². The average Bonchev–Trinajstić information content (AvgIpc) is 3.21. The van der Waals surface area contributed by atoms with E-state index >= 15 is 0 Å². The topological polar surface area (TPSA) is 117 Å². The van der Waals surface area contributed by atoms with Crippen LogP contribution < -0.4 is 5.73 Å². The summed E-state index contributed by atoms with van der Waals surface area (Å²) in [5, 5.41) is 0. The van der Waals surface area contributed by atoms with E-state index in [4.69, 9.17) is 24.3 Å². The van der Waals surface area contributed by atoms with Crippen LogP contribution in [0.4, 0.5) is 0 Å². The third kappa shape index (κ3) is 46.1. The molecule has 0 fully saturated rings. The van der Waals surface area contributed by atoms with Crippen molar-refractivity contribution in [3.63, 3.8) is 0 Å². The number of rotatable bonds is 48. The van der Waals surface area contributed by atoms with Gasteiger partial charge in [-0.1, -0.05) is 199 Å². The number of hydrogen-bond donors (Lipinski definition) is 2. The maximum Gasteiger partial charge on any atom is 0.472 e. The number of ether oxygens (including phenoxy) is 2. The molecule has 0 heterocycles. The molecule has 0 aliphatic heterocycles. The van der Waals surface area contributed by atoms with Gasteiger partial charge in [0, 0.05) is 19.6 Å². The lowest BCUT2D eigenvalue weighted by molar-refractivity contribution is -0.154. The summed E-state index contributed by atoms with van der Waals surface area (Å²) in [6.45, 7) is 4.93. The number of phosphoric acid groups is 1. The largest absolute Gasteiger partial charge is 0.472 e. The Morgan fingerprint density at radius 3 is 1.28 bits per heavy atom. The van der Waals surface area contributed by atoms with Crippen molar-refractivity contribution in [2.75, 3.05) is 33.0 Å². The first-order valence-corrected chi connectivity index (χ1v) is 26.3. The van der Waals surface area contributed by atoms with Gasteiger partial charge in [0.25, 0.3) is 0 Å². The first-order valence-electron chi connectivity index (χ1n) is 24.8. The van der Waals surface area contributed by atoms with Crippen molar-refractivity contribution in [2.24, 2.45) is 5.73 Å². The summed E-state index contributed by atoms with van der Waals surface area (Å²) in [6, 6.07) is 0. The molecule has 2 atom stereocenters. The Bertz CT molecular complexity index is 946. The first kappa shape index (κ1) is 57.0. The van der Waals surface area contributed by atoms with Crippen LogP contribution in [0.15, 0.2) is 24.3 Å². The number of carbonyl (C=O) groups is 1. The van der Waals surface area contributed by atoms with Crippen LogP contribution in [0.5, 0.6) is 0 Å². The standard InChI is InChI=1S/C49H96NO7P/c1-3-5-7-9-11-13-15-17-18-19-20-21-22-23-24-25-26-27-28-29-31-33-35-37-39-41-44-54-46-48(47-56-58(52,53)55-45-43-50)57-49(51)42-40-38-36-34-32-30-16-14-12-10-8-6-4-2/h14,16,19-20,48H,3-13,15,17-18,21-47,50H2,1-2H3,(H,52,53)/b16-14-,20-19-. The minimum Gasteiger partial charge on any atom is -0.457 e. The lowest BCUT2D eigenvalue weighted by atomic mass is 10.0. The lowest BCUT2D eigenvalue weighted by Crippen LogP contribution is -2.28. The summed E-state index contributed by atoms with van der Waals surface area (Å²) in [7, 11) is -4.28. The fourth-order valence-corrected chi connectivity index (χ4v) is 7.93. The fourth-order valence-electron chi connectivity index (χ4n) is 7.16. The van der Waals surface area contributed by atoms with Gasteiger partial charge in [-0.2, -0.15) is 0 Å². The Labute approximate surface area is 359 Å². The molecule has 0 rings (SSSR count). The highest BCUT2D eigenvalue weighted by molar-refractivity contribution is 7.47. The van der Waals surface area contributed by atoms with E-state index in [1.54, 1.807) is 0 Å². The van der Waals surface area contributed by atoms with Crippen molar-refractivity contribution in [1.82, 2.24) is 0 Å². The van der Waals surface area contributed by atoms with Gasteiger partial charge in [-0.3, -0.25) is 13.8 Å². The molecule has 8 nitrogen and oxygen atoms in total. The van der Waals surface area contributed by atoms with Crippen molar-refractivity contribution in [2.45, 2.75) is 251 Å². The second-order valence-corrected chi connectivity index (χ2v) is 18.1. The number of unbranched alkanes of at least 4 members (excludes halogenated alkanes) is 31. The summed E-state index contributed by atoms with van der Waals surface area (Å²) < 4.78 is 33.5. The zero-order valence-corrected chi connectivity index (χ0v) is 39.2. The molecule has 0 spiro atoms. The molecule has 0 aromatic heterocycles. The average molecular weight is 842 g/mol. The molecule has 344 valence electrons. The van der Waals surface area contributed by atoms with Gasteiger partial charge in [0.1, 0.15) is 6.10 Å². The molecule has 0 bridgehead atoms. The summed E-state index contributed by atoms with van der Waals surface area (Å²) in [5.74, 6) is -0.336. The van der Waals surface area contributed by atoms with Crippen LogP contribution in [0.1, 0.15) is 245 Å². The van der Waals surface area contributed by atoms with E-state index in [2.05, 4.69) is 38.2 Å². The summed E-state index contributed by atoms with van der Waals surface area (Å²) >= 11 is 0. The van der Waals surface area contributed by atoms with Crippen LogP contribution in [0.3, 0.4) is 0 Å². The van der Waals surface area contributed by atoms with Crippen LogP contribution in [-0.4, -0.2) is 49.9 Å². The highest BCUT2D eigenvalue weighted by atomic mass is 31.2. The van der Waals surface area contributed by atoms with E-state index < -0.39 is 13.9 Å². The number of nitrogens with two attached hydrogens (primary N) is 1. The quantitative estimate of drug-likeness (QED) is 0.0269. The van der Waals surface area contributed by atoms with Gasteiger partial charge in [0.15, 0.2) is 0 Å². The fraction of sp³-hybridized carbons (Fsp3) is 0.898. The van der Waals surface area contributed by atoms with E-state index in [1.807, 2.05) is 0 Å². The van der Waals surface area contributed by atoms with Gasteiger partial charge in [0.2, 0.25) is 0 Å². The lowest BCUT2D eigenvalue weighted by Gasteiger charge is -2.20. The SMILES string of the molecule is CCCCCC/C=C\CCCCCCCC(=O)OC(COCCCCCCCCCCCCCCCC/C=C\CCCCCCCCCC)COP(=O)(O)OCCN. The zero-order chi connectivity index (χ0) is 42.3. The van der Waals surface area contributed by atoms with Crippen LogP contribution >= 0.6 is 7.82 Å². The second kappa shape index (κ2) is 47.0. The van der Waals surface area contributed by atoms with Gasteiger partial charge in [0.05, 0.1) is 19.8 Å². The number of esters is 1. The molecular formula is C49H96NO7P. The maximum atomic E-state index is 12.6. The Morgan fingerprint density at radius 1 is 0.500 bits per heavy atom. The highest BCUT2D eigenvalue weighted by Crippen LogP contribution is 2.43. The predicted molar refractivity (Wildman–Crippen MR) is 247 cm³/mol. The van der Waals surface area contributed by atoms with E-state index in [0.717, 1.165) is 44.9 Å². The van der Waals surface area contributed by atoms with Gasteiger partial charge in [-0.25, -0.2) is 4.57 Å². The van der Waals surface area contributed by atoms with Crippen molar-refractivity contribution in [3.05, 3.63) is 24.3 Å². The predicted octanol–water partition coefficient (Wildman–Crippen LogP) is 15.2. The van der Waals surface area contributed by atoms with Crippen molar-refractivity contribution < 1.29 is 32.8 Å². The molecule has 58 heavy (non-hydrogen) atoms. The van der Waals surface area contributed by atoms with Crippen molar-refractivity contribution in [3.8, 4) is 0 Å². The minimum atomic E-state index is -4.28. The van der Waals surface area contributed by atoms with Crippen LogP contribution in [0.25, 0.3) is 0 Å². The van der Waals surface area contributed by atoms with Gasteiger partial charge in [-0.15, -0.1) is 0 Å². The molecule has 9 heteroatoms. The third-order valence-electron chi connectivity index (χ3n) is 10.8. The second-order valence-electron chi connectivity index (χ2n) is 16.7. The summed E-state index contributed by atoms with van der Waals surface area (Å²) in [6.07, 6.45) is 53.6. The zero-order valence-electron chi connectivity index (χ0n) is 38.3. The molecular weight excluding hydrogens is 746 g/mol. The molecule has 3 N–H and O–H groups in total. The molecule has 0 aromatic carbocycles. The van der Waals surface area contributed by atoms with E-state index in [1.165, 1.54) is 180 Å². The molecule has 2 unspecified atom stereocenters. The maximum absolute atomic E-state index is 12.6. The third-order valence-corrected chi connectivity index (χ3v) is 11.8. The molecule has 0 saturated carbocycles. The molecule has 0 aromatic rings. The number of phosphoric ester groups is 1. The first-order chi connectivity index (χ1) is 28.4. The Kier molecular flexibility index (Phi) is 46.2. The van der Waals surface area contributed by atoms with Gasteiger partial charge < -0.3 is 20.1 Å². The number of allylic oxidation sites excluding steroid dienone is 4. The normalized spacial score (nSPS) is 13.5. The Balaban J connectivity index is 3.85. The number of hydrogen-bond acceptors (Lipinski definition) is 7. The minimum absolute atomic E-state index is 0.0951. The van der Waals surface area contributed by atoms with Gasteiger partial charge in [-0.05, 0) is 64.2 Å². The van der Waals surface area contributed by atoms with Crippen molar-refractivity contribution >= 4 is 13.8 Å². The van der Waals surface area contributed by atoms with Crippen molar-refractivity contribution in [1.29, 1.82) is 0 Å². The van der Waals surface area contributed by atoms with Crippen LogP contribution in [0.2, 0.25) is 0 Å².